The highest BCUT2D eigenvalue weighted by Crippen LogP contribution is 2.49. The first-order valence-corrected chi connectivity index (χ1v) is 6.87. The van der Waals surface area contributed by atoms with Crippen molar-refractivity contribution in [2.75, 3.05) is 13.7 Å². The number of phenols is 2. The number of rotatable bonds is 2. The van der Waals surface area contributed by atoms with E-state index in [0.29, 0.717) is 0 Å². The molecule has 0 bridgehead atoms. The first-order chi connectivity index (χ1) is 10.9. The maximum atomic E-state index is 12.1. The maximum Gasteiger partial charge on any atom is 0.339 e. The van der Waals surface area contributed by atoms with Crippen molar-refractivity contribution in [3.8, 4) is 17.2 Å². The highest BCUT2D eigenvalue weighted by molar-refractivity contribution is 5.95. The number of methoxy groups -OCH3 is 1. The minimum Gasteiger partial charge on any atom is -0.504 e. The number of hydrogen-bond acceptors (Lipinski definition) is 9. The highest BCUT2D eigenvalue weighted by Gasteiger charge is 2.52. The minimum absolute atomic E-state index is 0. The lowest BCUT2D eigenvalue weighted by Crippen LogP contribution is -2.58. The Morgan fingerprint density at radius 1 is 1.25 bits per heavy atom. The number of hydrogen-bond donors (Lipinski definition) is 5. The fraction of sp³-hybridized carbons (Fsp3) is 0.500. The van der Waals surface area contributed by atoms with Crippen LogP contribution in [0.4, 0.5) is 0 Å². The zero-order valence-corrected chi connectivity index (χ0v) is 12.5. The average molecular weight is 346 g/mol. The quantitative estimate of drug-likeness (QED) is 0.378. The van der Waals surface area contributed by atoms with Gasteiger partial charge < -0.3 is 45.2 Å². The molecule has 134 valence electrons. The lowest BCUT2D eigenvalue weighted by molar-refractivity contribution is -0.235. The molecule has 24 heavy (non-hydrogen) atoms. The van der Waals surface area contributed by atoms with E-state index in [4.69, 9.17) is 14.2 Å². The zero-order valence-electron chi connectivity index (χ0n) is 12.5. The summed E-state index contributed by atoms with van der Waals surface area (Å²) in [6, 6.07) is 1.06. The van der Waals surface area contributed by atoms with Crippen LogP contribution in [-0.4, -0.2) is 75.1 Å². The molecule has 0 radical (unpaired) electrons. The molecule has 5 atom stereocenters. The van der Waals surface area contributed by atoms with Crippen LogP contribution in [0.5, 0.6) is 17.2 Å². The summed E-state index contributed by atoms with van der Waals surface area (Å²) in [6.07, 6.45) is -6.50. The largest absolute Gasteiger partial charge is 0.504 e. The summed E-state index contributed by atoms with van der Waals surface area (Å²) in [6.45, 7) is -0.583. The standard InChI is InChI=1S/C14H16O9.H2O/c1-21-11-5(16)2-4-7(9(11)18)12-13(23-14(4)20)10(19)8(17)6(3-15)22-12;/h2,6,8,10,12-13,15-19H,3H2,1H3;1H2. The molecular formula is C14H18O10. The Labute approximate surface area is 135 Å². The lowest BCUT2D eigenvalue weighted by Gasteiger charge is -2.44. The first-order valence-electron chi connectivity index (χ1n) is 6.87. The van der Waals surface area contributed by atoms with Gasteiger partial charge in [0.25, 0.3) is 0 Å². The summed E-state index contributed by atoms with van der Waals surface area (Å²) >= 11 is 0. The minimum atomic E-state index is -1.51. The van der Waals surface area contributed by atoms with Crippen molar-refractivity contribution in [2.45, 2.75) is 30.5 Å². The van der Waals surface area contributed by atoms with Crippen LogP contribution in [-0.2, 0) is 9.47 Å². The smallest absolute Gasteiger partial charge is 0.339 e. The third kappa shape index (κ3) is 2.44. The Balaban J connectivity index is 0.00000208. The SMILES string of the molecule is COc1c(O)cc2c(c1O)C1OC(CO)C(O)C(O)C1OC2=O.O. The molecule has 1 saturated heterocycles. The topological polar surface area (TPSA) is 177 Å². The first kappa shape index (κ1) is 18.2. The predicted octanol–water partition coefficient (Wildman–Crippen LogP) is -2.03. The zero-order chi connectivity index (χ0) is 16.9. The van der Waals surface area contributed by atoms with Crippen molar-refractivity contribution in [1.82, 2.24) is 0 Å². The number of ether oxygens (including phenoxy) is 3. The third-order valence-corrected chi connectivity index (χ3v) is 4.09. The van der Waals surface area contributed by atoms with E-state index in [-0.39, 0.29) is 22.4 Å². The molecule has 1 aromatic carbocycles. The van der Waals surface area contributed by atoms with Gasteiger partial charge in [-0.25, -0.2) is 4.79 Å². The molecule has 0 aliphatic carbocycles. The van der Waals surface area contributed by atoms with Gasteiger partial charge in [-0.3, -0.25) is 0 Å². The summed E-state index contributed by atoms with van der Waals surface area (Å²) in [5.74, 6) is -2.16. The van der Waals surface area contributed by atoms with Gasteiger partial charge in [-0.1, -0.05) is 0 Å². The number of aliphatic hydroxyl groups is 3. The van der Waals surface area contributed by atoms with E-state index in [9.17, 15) is 30.3 Å². The van der Waals surface area contributed by atoms with Gasteiger partial charge in [-0.2, -0.15) is 0 Å². The molecule has 2 heterocycles. The summed E-state index contributed by atoms with van der Waals surface area (Å²) in [7, 11) is 1.22. The van der Waals surface area contributed by atoms with Gasteiger partial charge in [-0.05, 0) is 6.07 Å². The van der Waals surface area contributed by atoms with Gasteiger partial charge in [0.1, 0.15) is 24.4 Å². The molecular weight excluding hydrogens is 328 g/mol. The van der Waals surface area contributed by atoms with E-state index in [1.54, 1.807) is 0 Å². The Morgan fingerprint density at radius 2 is 1.92 bits per heavy atom. The normalized spacial score (nSPS) is 31.3. The van der Waals surface area contributed by atoms with E-state index < -0.39 is 54.6 Å². The Kier molecular flexibility index (Phi) is 4.87. The van der Waals surface area contributed by atoms with Crippen molar-refractivity contribution in [3.63, 3.8) is 0 Å². The van der Waals surface area contributed by atoms with Gasteiger partial charge in [0.2, 0.25) is 5.75 Å². The molecule has 0 saturated carbocycles. The number of phenolic OH excluding ortho intramolecular Hbond substituents is 2. The summed E-state index contributed by atoms with van der Waals surface area (Å²) < 4.78 is 15.4. The van der Waals surface area contributed by atoms with Crippen LogP contribution in [0.1, 0.15) is 22.0 Å². The number of benzene rings is 1. The second-order valence-electron chi connectivity index (χ2n) is 5.37. The number of fused-ring (bicyclic) bond motifs is 3. The molecule has 2 aliphatic rings. The fourth-order valence-electron chi connectivity index (χ4n) is 2.95. The van der Waals surface area contributed by atoms with Crippen LogP contribution in [0.25, 0.3) is 0 Å². The molecule has 0 spiro atoms. The van der Waals surface area contributed by atoms with E-state index in [1.807, 2.05) is 0 Å². The monoisotopic (exact) mass is 346 g/mol. The van der Waals surface area contributed by atoms with Crippen molar-refractivity contribution >= 4 is 5.97 Å². The molecule has 0 amide bonds. The summed E-state index contributed by atoms with van der Waals surface area (Å²) in [4.78, 5) is 12.1. The molecule has 0 aromatic heterocycles. The highest BCUT2D eigenvalue weighted by atomic mass is 16.6. The van der Waals surface area contributed by atoms with Crippen LogP contribution in [0, 0.1) is 0 Å². The lowest BCUT2D eigenvalue weighted by atomic mass is 9.86. The van der Waals surface area contributed by atoms with Crippen LogP contribution in [0.15, 0.2) is 6.07 Å². The number of aliphatic hydroxyl groups excluding tert-OH is 3. The van der Waals surface area contributed by atoms with Crippen molar-refractivity contribution in [1.29, 1.82) is 0 Å². The van der Waals surface area contributed by atoms with Crippen LogP contribution >= 0.6 is 0 Å². The van der Waals surface area contributed by atoms with Crippen LogP contribution in [0.3, 0.4) is 0 Å². The summed E-state index contributed by atoms with van der Waals surface area (Å²) in [5.41, 5.74) is -0.187. The van der Waals surface area contributed by atoms with Crippen LogP contribution < -0.4 is 4.74 Å². The Morgan fingerprint density at radius 3 is 2.50 bits per heavy atom. The number of carbonyl (C=O) groups excluding carboxylic acids is 1. The number of carbonyl (C=O) groups is 1. The molecule has 10 heteroatoms. The van der Waals surface area contributed by atoms with Gasteiger partial charge >= 0.3 is 5.97 Å². The maximum absolute atomic E-state index is 12.1. The van der Waals surface area contributed by atoms with Crippen molar-refractivity contribution in [2.24, 2.45) is 0 Å². The molecule has 1 fully saturated rings. The molecule has 3 rings (SSSR count). The van der Waals surface area contributed by atoms with Crippen molar-refractivity contribution in [3.05, 3.63) is 17.2 Å². The Bertz CT molecular complexity index is 645. The van der Waals surface area contributed by atoms with E-state index in [0.717, 1.165) is 6.07 Å². The fourth-order valence-corrected chi connectivity index (χ4v) is 2.95. The van der Waals surface area contributed by atoms with Crippen molar-refractivity contribution < 1.29 is 50.0 Å². The number of esters is 1. The van der Waals surface area contributed by atoms with E-state index in [1.165, 1.54) is 7.11 Å². The molecule has 2 aliphatic heterocycles. The predicted molar refractivity (Wildman–Crippen MR) is 75.9 cm³/mol. The molecule has 10 nitrogen and oxygen atoms in total. The van der Waals surface area contributed by atoms with Gasteiger partial charge in [0, 0.05) is 5.56 Å². The Hall–Kier alpha value is -2.11. The average Bonchev–Trinajstić information content (AvgIpc) is 2.52. The van der Waals surface area contributed by atoms with Gasteiger partial charge in [-0.15, -0.1) is 0 Å². The third-order valence-electron chi connectivity index (χ3n) is 4.09. The van der Waals surface area contributed by atoms with E-state index >= 15 is 0 Å². The second kappa shape index (κ2) is 6.42. The molecule has 5 unspecified atom stereocenters. The van der Waals surface area contributed by atoms with Gasteiger partial charge in [0.15, 0.2) is 17.6 Å². The van der Waals surface area contributed by atoms with E-state index in [2.05, 4.69) is 0 Å². The number of aromatic hydroxyl groups is 2. The van der Waals surface area contributed by atoms with Gasteiger partial charge in [0.05, 0.1) is 19.3 Å². The van der Waals surface area contributed by atoms with Crippen LogP contribution in [0.2, 0.25) is 0 Å². The molecule has 1 aromatic rings. The molecule has 7 N–H and O–H groups in total. The second-order valence-corrected chi connectivity index (χ2v) is 5.37. The summed E-state index contributed by atoms with van der Waals surface area (Å²) in [5, 5.41) is 49.3.